The molecule has 2 fully saturated rings. The molecule has 2 heterocycles. The van der Waals surface area contributed by atoms with Gasteiger partial charge < -0.3 is 24.1 Å². The van der Waals surface area contributed by atoms with Crippen molar-refractivity contribution in [1.29, 1.82) is 0 Å². The van der Waals surface area contributed by atoms with E-state index in [0.717, 1.165) is 9.80 Å². The van der Waals surface area contributed by atoms with Gasteiger partial charge in [0.15, 0.2) is 0 Å². The van der Waals surface area contributed by atoms with Crippen molar-refractivity contribution >= 4 is 30.0 Å². The van der Waals surface area contributed by atoms with Crippen LogP contribution in [0.25, 0.3) is 0 Å². The molecule has 0 bridgehead atoms. The number of hydrogen-bond acceptors (Lipinski definition) is 10. The van der Waals surface area contributed by atoms with Crippen LogP contribution >= 0.6 is 0 Å². The molecule has 36 heavy (non-hydrogen) atoms. The molecule has 12 heteroatoms. The Kier molecular flexibility index (Phi) is 11.1. The number of nitrogens with zero attached hydrogens (tertiary/aromatic N) is 2. The highest BCUT2D eigenvalue weighted by molar-refractivity contribution is 5.99. The number of likely N-dealkylation sites (tertiary alicyclic amines) is 2. The van der Waals surface area contributed by atoms with E-state index in [2.05, 4.69) is 0 Å². The molecule has 2 saturated heterocycles. The SMILES string of the molecule is CCOC(=O)[C@@H]1CCC(=O)N1C(=O)OC(C)(C)C.CCOC(=O)[C@@H]1CCC(O)N1C(=O)OC(C)(C)C. The number of aliphatic hydroxyl groups is 1. The summed E-state index contributed by atoms with van der Waals surface area (Å²) in [5, 5.41) is 9.76. The summed E-state index contributed by atoms with van der Waals surface area (Å²) in [6.45, 7) is 14.1. The predicted molar refractivity (Wildman–Crippen MR) is 126 cm³/mol. The minimum atomic E-state index is -0.991. The van der Waals surface area contributed by atoms with E-state index in [0.29, 0.717) is 12.8 Å². The van der Waals surface area contributed by atoms with E-state index in [4.69, 9.17) is 18.9 Å². The van der Waals surface area contributed by atoms with Gasteiger partial charge in [-0.25, -0.2) is 24.1 Å². The molecule has 0 spiro atoms. The van der Waals surface area contributed by atoms with Crippen molar-refractivity contribution in [2.45, 2.75) is 111 Å². The fourth-order valence-electron chi connectivity index (χ4n) is 3.51. The summed E-state index contributed by atoms with van der Waals surface area (Å²) in [4.78, 5) is 60.7. The Bertz CT molecular complexity index is 815. The lowest BCUT2D eigenvalue weighted by molar-refractivity contribution is -0.151. The lowest BCUT2D eigenvalue weighted by Crippen LogP contribution is -2.47. The van der Waals surface area contributed by atoms with E-state index in [-0.39, 0.29) is 26.1 Å². The number of carbonyl (C=O) groups excluding carboxylic acids is 5. The molecule has 0 aliphatic carbocycles. The van der Waals surface area contributed by atoms with Gasteiger partial charge in [0.25, 0.3) is 0 Å². The number of aliphatic hydroxyl groups excluding tert-OH is 1. The molecule has 1 unspecified atom stereocenters. The van der Waals surface area contributed by atoms with Gasteiger partial charge in [0.2, 0.25) is 5.91 Å². The molecule has 0 radical (unpaired) electrons. The molecular weight excluding hydrogens is 476 g/mol. The lowest BCUT2D eigenvalue weighted by atomic mass is 10.2. The van der Waals surface area contributed by atoms with Crippen molar-refractivity contribution in [3.63, 3.8) is 0 Å². The van der Waals surface area contributed by atoms with Gasteiger partial charge in [-0.1, -0.05) is 0 Å². The standard InChI is InChI=1S/C12H21NO5.C12H19NO5/c2*1-5-17-10(15)8-6-7-9(14)13(8)11(16)18-12(2,3)4/h8-9,14H,5-7H2,1-4H3;8H,5-7H2,1-4H3/t8-,9?;8-/m00/s1. The second-order valence-corrected chi connectivity index (χ2v) is 10.3. The van der Waals surface area contributed by atoms with Crippen molar-refractivity contribution in [2.75, 3.05) is 13.2 Å². The Morgan fingerprint density at radius 1 is 0.806 bits per heavy atom. The highest BCUT2D eigenvalue weighted by atomic mass is 16.6. The Balaban J connectivity index is 0.000000360. The molecule has 1 N–H and O–H groups in total. The maximum absolute atomic E-state index is 11.9. The van der Waals surface area contributed by atoms with Crippen molar-refractivity contribution in [2.24, 2.45) is 0 Å². The Morgan fingerprint density at radius 3 is 1.75 bits per heavy atom. The van der Waals surface area contributed by atoms with Gasteiger partial charge in [-0.15, -0.1) is 0 Å². The molecule has 0 saturated carbocycles. The minimum absolute atomic E-state index is 0.155. The van der Waals surface area contributed by atoms with Crippen LogP contribution < -0.4 is 0 Å². The van der Waals surface area contributed by atoms with Crippen molar-refractivity contribution in [3.05, 3.63) is 0 Å². The van der Waals surface area contributed by atoms with Gasteiger partial charge in [-0.3, -0.25) is 9.69 Å². The third kappa shape index (κ3) is 9.29. The third-order valence-electron chi connectivity index (χ3n) is 4.88. The van der Waals surface area contributed by atoms with Crippen LogP contribution in [0.2, 0.25) is 0 Å². The summed E-state index contributed by atoms with van der Waals surface area (Å²) in [6.07, 6.45) is -1.29. The average Bonchev–Trinajstić information content (AvgIpc) is 3.29. The Morgan fingerprint density at radius 2 is 1.28 bits per heavy atom. The summed E-state index contributed by atoms with van der Waals surface area (Å²) in [5.41, 5.74) is -1.38. The summed E-state index contributed by atoms with van der Waals surface area (Å²) >= 11 is 0. The average molecular weight is 517 g/mol. The highest BCUT2D eigenvalue weighted by Crippen LogP contribution is 2.26. The maximum atomic E-state index is 11.9. The van der Waals surface area contributed by atoms with Crippen LogP contribution in [0.3, 0.4) is 0 Å². The molecule has 12 nitrogen and oxygen atoms in total. The van der Waals surface area contributed by atoms with Crippen molar-refractivity contribution in [1.82, 2.24) is 9.80 Å². The van der Waals surface area contributed by atoms with Crippen LogP contribution in [0.5, 0.6) is 0 Å². The number of hydrogen-bond donors (Lipinski definition) is 1. The molecule has 2 rings (SSSR count). The largest absolute Gasteiger partial charge is 0.464 e. The molecule has 0 aromatic rings. The van der Waals surface area contributed by atoms with E-state index in [9.17, 15) is 29.1 Å². The molecule has 2 aliphatic rings. The fourth-order valence-corrected chi connectivity index (χ4v) is 3.51. The van der Waals surface area contributed by atoms with E-state index in [1.54, 1.807) is 55.4 Å². The predicted octanol–water partition coefficient (Wildman–Crippen LogP) is 2.74. The zero-order chi connectivity index (χ0) is 27.8. The second-order valence-electron chi connectivity index (χ2n) is 10.3. The minimum Gasteiger partial charge on any atom is -0.464 e. The number of esters is 2. The van der Waals surface area contributed by atoms with Crippen molar-refractivity contribution in [3.8, 4) is 0 Å². The summed E-state index contributed by atoms with van der Waals surface area (Å²) in [7, 11) is 0. The van der Waals surface area contributed by atoms with Crippen LogP contribution in [0.1, 0.15) is 81.1 Å². The first kappa shape index (κ1) is 31.1. The third-order valence-corrected chi connectivity index (χ3v) is 4.88. The molecule has 2 aliphatic heterocycles. The Labute approximate surface area is 212 Å². The zero-order valence-electron chi connectivity index (χ0n) is 22.5. The van der Waals surface area contributed by atoms with Crippen LogP contribution in [0.4, 0.5) is 9.59 Å². The smallest absolute Gasteiger partial charge is 0.417 e. The van der Waals surface area contributed by atoms with E-state index >= 15 is 0 Å². The molecule has 3 amide bonds. The van der Waals surface area contributed by atoms with E-state index < -0.39 is 59.5 Å². The fraction of sp³-hybridized carbons (Fsp3) is 0.792. The molecular formula is C24H40N2O10. The topological polar surface area (TPSA) is 149 Å². The van der Waals surface area contributed by atoms with Gasteiger partial charge in [-0.2, -0.15) is 0 Å². The molecule has 0 aromatic carbocycles. The zero-order valence-corrected chi connectivity index (χ0v) is 22.5. The number of rotatable bonds is 4. The van der Waals surface area contributed by atoms with Crippen LogP contribution in [-0.2, 0) is 33.3 Å². The first-order valence-corrected chi connectivity index (χ1v) is 12.1. The quantitative estimate of drug-likeness (QED) is 0.436. The van der Waals surface area contributed by atoms with E-state index in [1.807, 2.05) is 0 Å². The Hall–Kier alpha value is -2.89. The van der Waals surface area contributed by atoms with Crippen LogP contribution in [0, 0.1) is 0 Å². The number of carbonyl (C=O) groups is 5. The van der Waals surface area contributed by atoms with Crippen LogP contribution in [-0.4, -0.2) is 87.7 Å². The highest BCUT2D eigenvalue weighted by Gasteiger charge is 2.44. The van der Waals surface area contributed by atoms with Crippen LogP contribution in [0.15, 0.2) is 0 Å². The summed E-state index contributed by atoms with van der Waals surface area (Å²) < 4.78 is 20.0. The molecule has 0 aromatic heterocycles. The van der Waals surface area contributed by atoms with Gasteiger partial charge in [-0.05, 0) is 74.7 Å². The lowest BCUT2D eigenvalue weighted by Gasteiger charge is -2.29. The van der Waals surface area contributed by atoms with Gasteiger partial charge >= 0.3 is 24.1 Å². The van der Waals surface area contributed by atoms with E-state index in [1.165, 1.54) is 0 Å². The number of imide groups is 1. The maximum Gasteiger partial charge on any atom is 0.417 e. The first-order valence-electron chi connectivity index (χ1n) is 12.1. The number of ether oxygens (including phenoxy) is 4. The van der Waals surface area contributed by atoms with Gasteiger partial charge in [0, 0.05) is 6.42 Å². The van der Waals surface area contributed by atoms with Gasteiger partial charge in [0.1, 0.15) is 29.5 Å². The summed E-state index contributed by atoms with van der Waals surface area (Å²) in [5.74, 6) is -1.46. The summed E-state index contributed by atoms with van der Waals surface area (Å²) in [6, 6.07) is -1.61. The second kappa shape index (κ2) is 12.9. The number of amides is 3. The molecule has 206 valence electrons. The monoisotopic (exact) mass is 516 g/mol. The van der Waals surface area contributed by atoms with Gasteiger partial charge in [0.05, 0.1) is 13.2 Å². The normalized spacial score (nSPS) is 21.9. The first-order chi connectivity index (χ1) is 16.5. The molecule has 3 atom stereocenters. The van der Waals surface area contributed by atoms with Crippen molar-refractivity contribution < 1.29 is 48.0 Å².